The fourth-order valence-corrected chi connectivity index (χ4v) is 5.96. The van der Waals surface area contributed by atoms with Gasteiger partial charge in [0, 0.05) is 18.0 Å². The predicted molar refractivity (Wildman–Crippen MR) is 166 cm³/mol. The van der Waals surface area contributed by atoms with E-state index in [0.717, 1.165) is 5.56 Å². The van der Waals surface area contributed by atoms with Crippen molar-refractivity contribution in [3.63, 3.8) is 0 Å². The topological polar surface area (TPSA) is 139 Å². The number of urea groups is 1. The highest BCUT2D eigenvalue weighted by Gasteiger charge is 2.52. The van der Waals surface area contributed by atoms with E-state index in [1.165, 1.54) is 24.5 Å². The Kier molecular flexibility index (Phi) is 9.62. The molecular formula is C33H35FN6O6. The van der Waals surface area contributed by atoms with Crippen LogP contribution in [0.2, 0.25) is 0 Å². The first-order chi connectivity index (χ1) is 22.5. The number of ether oxygens (including phenoxy) is 4. The summed E-state index contributed by atoms with van der Waals surface area (Å²) in [4.78, 5) is 37.9. The fraction of sp³-hybridized carbons (Fsp3) is 0.364. The van der Waals surface area contributed by atoms with Gasteiger partial charge in [-0.1, -0.05) is 42.5 Å². The third-order valence-corrected chi connectivity index (χ3v) is 8.02. The van der Waals surface area contributed by atoms with Crippen LogP contribution in [-0.4, -0.2) is 69.8 Å². The van der Waals surface area contributed by atoms with Gasteiger partial charge in [-0.25, -0.2) is 28.9 Å². The molecule has 240 valence electrons. The van der Waals surface area contributed by atoms with E-state index in [2.05, 4.69) is 25.6 Å². The summed E-state index contributed by atoms with van der Waals surface area (Å²) in [5.41, 5.74) is 2.26. The van der Waals surface area contributed by atoms with Gasteiger partial charge in [0.15, 0.2) is 23.3 Å². The normalized spacial score (nSPS) is 22.3. The molecule has 2 aromatic heterocycles. The number of hydrogen-bond acceptors (Lipinski definition) is 9. The Morgan fingerprint density at radius 2 is 1.89 bits per heavy atom. The molecule has 5 atom stereocenters. The minimum atomic E-state index is -0.609. The Morgan fingerprint density at radius 3 is 2.70 bits per heavy atom. The number of halogens is 1. The van der Waals surface area contributed by atoms with E-state index in [0.29, 0.717) is 29.9 Å². The summed E-state index contributed by atoms with van der Waals surface area (Å²) in [6.45, 7) is 4.26. The Morgan fingerprint density at radius 1 is 1.07 bits per heavy atom. The maximum Gasteiger partial charge on any atom is 0.338 e. The first kappa shape index (κ1) is 31.3. The van der Waals surface area contributed by atoms with Crippen molar-refractivity contribution in [1.29, 1.82) is 0 Å². The Labute approximate surface area is 264 Å². The predicted octanol–water partition coefficient (Wildman–Crippen LogP) is 4.88. The lowest BCUT2D eigenvalue weighted by Gasteiger charge is -2.20. The lowest BCUT2D eigenvalue weighted by molar-refractivity contribution is -0.0587. The molecule has 4 unspecified atom stereocenters. The van der Waals surface area contributed by atoms with Gasteiger partial charge in [-0.15, -0.1) is 0 Å². The molecule has 1 aliphatic carbocycles. The second-order valence-corrected chi connectivity index (χ2v) is 10.9. The number of carbonyl (C=O) groups is 2. The molecule has 1 saturated heterocycles. The van der Waals surface area contributed by atoms with Crippen LogP contribution in [0.3, 0.4) is 0 Å². The van der Waals surface area contributed by atoms with E-state index < -0.39 is 24.1 Å². The molecule has 0 radical (unpaired) electrons. The summed E-state index contributed by atoms with van der Waals surface area (Å²) in [5, 5.41) is 5.41. The van der Waals surface area contributed by atoms with Crippen molar-refractivity contribution >= 4 is 35.1 Å². The summed E-state index contributed by atoms with van der Waals surface area (Å²) in [5.74, 6) is -0.994. The van der Waals surface area contributed by atoms with Crippen LogP contribution < -0.4 is 10.6 Å². The van der Waals surface area contributed by atoms with Gasteiger partial charge in [-0.3, -0.25) is 5.32 Å². The van der Waals surface area contributed by atoms with Gasteiger partial charge in [-0.05, 0) is 44.0 Å². The number of imidazole rings is 1. The van der Waals surface area contributed by atoms with Crippen LogP contribution in [0.5, 0.6) is 0 Å². The molecule has 46 heavy (non-hydrogen) atoms. The summed E-state index contributed by atoms with van der Waals surface area (Å²) in [6, 6.07) is 13.5. The fourth-order valence-electron chi connectivity index (χ4n) is 5.96. The molecule has 0 bridgehead atoms. The molecule has 2 aromatic carbocycles. The van der Waals surface area contributed by atoms with E-state index in [-0.39, 0.29) is 55.1 Å². The van der Waals surface area contributed by atoms with Crippen molar-refractivity contribution < 1.29 is 32.9 Å². The second kappa shape index (κ2) is 14.1. The maximum atomic E-state index is 14.8. The molecule has 1 aliphatic heterocycles. The van der Waals surface area contributed by atoms with Gasteiger partial charge < -0.3 is 28.8 Å². The number of benzene rings is 2. The van der Waals surface area contributed by atoms with Crippen LogP contribution in [0.15, 0.2) is 67.3 Å². The van der Waals surface area contributed by atoms with E-state index >= 15 is 0 Å². The minimum Gasteiger partial charge on any atom is -0.462 e. The van der Waals surface area contributed by atoms with Crippen LogP contribution in [0.25, 0.3) is 17.2 Å². The number of hydrogen-bond donors (Lipinski definition) is 2. The highest BCUT2D eigenvalue weighted by Crippen LogP contribution is 2.45. The van der Waals surface area contributed by atoms with Gasteiger partial charge >= 0.3 is 12.0 Å². The summed E-state index contributed by atoms with van der Waals surface area (Å²) in [6.07, 6.45) is 6.10. The molecular weight excluding hydrogens is 595 g/mol. The number of anilines is 1. The average molecular weight is 631 g/mol. The molecule has 13 heteroatoms. The number of nitrogens with zero attached hydrogens (tertiary/aromatic N) is 4. The number of carbonyl (C=O) groups excluding carboxylic acids is 2. The molecule has 2 fully saturated rings. The number of aromatic nitrogens is 4. The van der Waals surface area contributed by atoms with Crippen molar-refractivity contribution in [2.75, 3.05) is 25.1 Å². The molecule has 2 aliphatic rings. The summed E-state index contributed by atoms with van der Waals surface area (Å²) >= 11 is 0. The Balaban J connectivity index is 1.24. The van der Waals surface area contributed by atoms with Gasteiger partial charge in [0.25, 0.3) is 0 Å². The average Bonchev–Trinajstić information content (AvgIpc) is 3.76. The monoisotopic (exact) mass is 630 g/mol. The molecule has 4 aromatic rings. The molecule has 3 heterocycles. The van der Waals surface area contributed by atoms with Crippen molar-refractivity contribution in [3.8, 4) is 0 Å². The molecule has 2 N–H and O–H groups in total. The zero-order valence-electron chi connectivity index (χ0n) is 25.5. The third-order valence-electron chi connectivity index (χ3n) is 8.02. The number of esters is 1. The van der Waals surface area contributed by atoms with Crippen LogP contribution >= 0.6 is 0 Å². The molecule has 0 spiro atoms. The van der Waals surface area contributed by atoms with Gasteiger partial charge in [0.05, 0.1) is 43.9 Å². The first-order valence-electron chi connectivity index (χ1n) is 15.3. The maximum absolute atomic E-state index is 14.8. The zero-order valence-corrected chi connectivity index (χ0v) is 25.5. The minimum absolute atomic E-state index is 0.117. The first-order valence-corrected chi connectivity index (χ1v) is 15.3. The van der Waals surface area contributed by atoms with Crippen molar-refractivity contribution in [3.05, 3.63) is 89.8 Å². The van der Waals surface area contributed by atoms with Gasteiger partial charge in [0.1, 0.15) is 18.2 Å². The zero-order chi connectivity index (χ0) is 32.0. The van der Waals surface area contributed by atoms with Crippen LogP contribution in [-0.2, 0) is 25.6 Å². The van der Waals surface area contributed by atoms with Crippen molar-refractivity contribution in [2.24, 2.45) is 5.92 Å². The van der Waals surface area contributed by atoms with Crippen LogP contribution in [0.4, 0.5) is 15.0 Å². The van der Waals surface area contributed by atoms with Gasteiger partial charge in [0.2, 0.25) is 0 Å². The molecule has 6 rings (SSSR count). The molecule has 12 nitrogen and oxygen atoms in total. The second-order valence-electron chi connectivity index (χ2n) is 10.9. The van der Waals surface area contributed by atoms with Gasteiger partial charge in [-0.2, -0.15) is 0 Å². The third kappa shape index (κ3) is 6.62. The van der Waals surface area contributed by atoms with Crippen molar-refractivity contribution in [2.45, 2.75) is 51.4 Å². The quantitative estimate of drug-likeness (QED) is 0.222. The molecule has 2 amide bonds. The number of nitrogens with one attached hydrogen (secondary N) is 2. The number of fused-ring (bicyclic) bond motifs is 2. The van der Waals surface area contributed by atoms with E-state index in [9.17, 15) is 14.0 Å². The van der Waals surface area contributed by atoms with E-state index in [1.54, 1.807) is 13.3 Å². The Hall–Kier alpha value is -4.72. The Bertz CT molecular complexity index is 1720. The highest BCUT2D eigenvalue weighted by atomic mass is 19.1. The van der Waals surface area contributed by atoms with Crippen LogP contribution in [0, 0.1) is 11.7 Å². The van der Waals surface area contributed by atoms with Crippen LogP contribution in [0.1, 0.15) is 47.8 Å². The molecule has 1 saturated carbocycles. The SMILES string of the molecule is CCNC(=O)Nc1ncnc2c1ncn2C1CC(COCc2c(F)cccc2C(=O)OCC)C2O[C@H](/C=C/c3ccccc3)OC21. The highest BCUT2D eigenvalue weighted by molar-refractivity contribution is 5.95. The lowest BCUT2D eigenvalue weighted by atomic mass is 10.1. The van der Waals surface area contributed by atoms with E-state index in [1.807, 2.05) is 54.0 Å². The van der Waals surface area contributed by atoms with E-state index in [4.69, 9.17) is 18.9 Å². The smallest absolute Gasteiger partial charge is 0.338 e. The van der Waals surface area contributed by atoms with Crippen molar-refractivity contribution in [1.82, 2.24) is 24.8 Å². The summed E-state index contributed by atoms with van der Waals surface area (Å²) in [7, 11) is 0. The largest absolute Gasteiger partial charge is 0.462 e. The lowest BCUT2D eigenvalue weighted by Crippen LogP contribution is -2.29. The number of rotatable bonds is 11. The number of amides is 2. The summed E-state index contributed by atoms with van der Waals surface area (Å²) < 4.78 is 40.8. The standard InChI is InChI=1S/C33H35FN6O6/c1-3-35-33(42)39-30-27-31(37-18-36-30)40(19-38-27)25-15-21(16-43-17-23-22(32(41)44-4-2)11-8-12-24(23)34)28-29(25)46-26(45-28)14-13-20-9-6-5-7-10-20/h5-14,18-19,21,25-26,28-29H,3-4,15-17H2,1-2H3,(H2,35,36,37,39,42)/b14-13+/t21?,25?,26-,28?,29?/m0/s1.